The number of nitrogens with zero attached hydrogens (tertiary/aromatic N) is 3. The molecule has 0 aromatic heterocycles. The van der Waals surface area contributed by atoms with Gasteiger partial charge in [0.15, 0.2) is 5.84 Å². The average Bonchev–Trinajstić information content (AvgIpc) is 2.56. The lowest BCUT2D eigenvalue weighted by Gasteiger charge is -2.03. The molecule has 0 spiro atoms. The standard InChI is InChI=1S/C18H21N5/c1-3-4-17(13-5-9-15(19)10-6-13)22-23-18(21-2)14-7-11-16(20)12-8-14/h4-12H,3,19-20H2,1-2H3/b17-4-,21-18?,23-22?. The molecule has 0 atom stereocenters. The summed E-state index contributed by atoms with van der Waals surface area (Å²) < 4.78 is 0. The molecule has 118 valence electrons. The maximum Gasteiger partial charge on any atom is 0.176 e. The van der Waals surface area contributed by atoms with Crippen LogP contribution < -0.4 is 11.5 Å². The summed E-state index contributed by atoms with van der Waals surface area (Å²) in [5.41, 5.74) is 15.5. The Labute approximate surface area is 136 Å². The number of azo groups is 1. The van der Waals surface area contributed by atoms with Gasteiger partial charge in [0.25, 0.3) is 0 Å². The number of nitrogens with two attached hydrogens (primary N) is 2. The van der Waals surface area contributed by atoms with E-state index in [9.17, 15) is 0 Å². The molecule has 0 bridgehead atoms. The third kappa shape index (κ3) is 4.51. The fourth-order valence-corrected chi connectivity index (χ4v) is 2.03. The number of nitrogen functional groups attached to an aromatic ring is 2. The molecular weight excluding hydrogens is 286 g/mol. The Balaban J connectivity index is 2.28. The lowest BCUT2D eigenvalue weighted by Crippen LogP contribution is -1.97. The summed E-state index contributed by atoms with van der Waals surface area (Å²) in [4.78, 5) is 4.20. The SMILES string of the molecule is CC/C=C(\N=NC(=NC)c1ccc(N)cc1)c1ccc(N)cc1. The summed E-state index contributed by atoms with van der Waals surface area (Å²) in [5.74, 6) is 0.558. The van der Waals surface area contributed by atoms with E-state index in [1.165, 1.54) is 0 Å². The summed E-state index contributed by atoms with van der Waals surface area (Å²) in [7, 11) is 1.69. The van der Waals surface area contributed by atoms with Gasteiger partial charge in [-0.2, -0.15) is 0 Å². The second-order valence-electron chi connectivity index (χ2n) is 4.99. The minimum Gasteiger partial charge on any atom is -0.399 e. The quantitative estimate of drug-likeness (QED) is 0.385. The van der Waals surface area contributed by atoms with Gasteiger partial charge < -0.3 is 11.5 Å². The summed E-state index contributed by atoms with van der Waals surface area (Å²) in [6.45, 7) is 2.06. The number of hydrogen-bond donors (Lipinski definition) is 2. The Morgan fingerprint density at radius 1 is 0.870 bits per heavy atom. The highest BCUT2D eigenvalue weighted by molar-refractivity contribution is 5.99. The molecule has 2 rings (SSSR count). The number of allylic oxidation sites excluding steroid dienone is 1. The molecule has 2 aromatic carbocycles. The molecule has 5 heteroatoms. The lowest BCUT2D eigenvalue weighted by molar-refractivity contribution is 1.18. The van der Waals surface area contributed by atoms with Crippen molar-refractivity contribution in [3.05, 3.63) is 65.7 Å². The second kappa shape index (κ2) is 7.89. The molecule has 4 N–H and O–H groups in total. The number of aliphatic imine (C=N–C) groups is 1. The van der Waals surface area contributed by atoms with Gasteiger partial charge in [-0.05, 0) is 42.8 Å². The van der Waals surface area contributed by atoms with Gasteiger partial charge in [-0.15, -0.1) is 10.2 Å². The summed E-state index contributed by atoms with van der Waals surface area (Å²) >= 11 is 0. The second-order valence-corrected chi connectivity index (χ2v) is 4.99. The van der Waals surface area contributed by atoms with Gasteiger partial charge in [0.2, 0.25) is 0 Å². The number of rotatable bonds is 4. The van der Waals surface area contributed by atoms with Crippen LogP contribution in [0.1, 0.15) is 24.5 Å². The van der Waals surface area contributed by atoms with E-state index in [0.717, 1.165) is 28.9 Å². The lowest BCUT2D eigenvalue weighted by atomic mass is 10.1. The van der Waals surface area contributed by atoms with Crippen molar-refractivity contribution in [1.29, 1.82) is 0 Å². The van der Waals surface area contributed by atoms with Crippen LogP contribution >= 0.6 is 0 Å². The minimum absolute atomic E-state index is 0.558. The highest BCUT2D eigenvalue weighted by atomic mass is 15.1. The fraction of sp³-hybridized carbons (Fsp3) is 0.167. The highest BCUT2D eigenvalue weighted by Crippen LogP contribution is 2.19. The van der Waals surface area contributed by atoms with Crippen molar-refractivity contribution < 1.29 is 0 Å². The van der Waals surface area contributed by atoms with Crippen LogP contribution in [-0.4, -0.2) is 12.9 Å². The van der Waals surface area contributed by atoms with Gasteiger partial charge in [-0.25, -0.2) is 0 Å². The number of amidine groups is 1. The summed E-state index contributed by atoms with van der Waals surface area (Å²) in [6, 6.07) is 15.0. The van der Waals surface area contributed by atoms with Gasteiger partial charge in [-0.3, -0.25) is 4.99 Å². The van der Waals surface area contributed by atoms with Gasteiger partial charge in [0, 0.05) is 29.5 Å². The summed E-state index contributed by atoms with van der Waals surface area (Å²) in [6.07, 6.45) is 2.88. The van der Waals surface area contributed by atoms with Crippen LogP contribution in [0.2, 0.25) is 0 Å². The molecule has 0 fully saturated rings. The molecular formula is C18H21N5. The Morgan fingerprint density at radius 3 is 1.87 bits per heavy atom. The monoisotopic (exact) mass is 307 g/mol. The van der Waals surface area contributed by atoms with E-state index in [2.05, 4.69) is 22.1 Å². The molecule has 0 aliphatic rings. The Kier molecular flexibility index (Phi) is 5.63. The third-order valence-electron chi connectivity index (χ3n) is 3.24. The van der Waals surface area contributed by atoms with Crippen LogP contribution in [0.3, 0.4) is 0 Å². The highest BCUT2D eigenvalue weighted by Gasteiger charge is 2.03. The van der Waals surface area contributed by atoms with E-state index in [-0.39, 0.29) is 0 Å². The van der Waals surface area contributed by atoms with Crippen molar-refractivity contribution in [3.63, 3.8) is 0 Å². The largest absolute Gasteiger partial charge is 0.399 e. The molecule has 0 radical (unpaired) electrons. The van der Waals surface area contributed by atoms with Crippen LogP contribution in [0.5, 0.6) is 0 Å². The zero-order chi connectivity index (χ0) is 16.7. The topological polar surface area (TPSA) is 89.1 Å². The van der Waals surface area contributed by atoms with Crippen molar-refractivity contribution in [3.8, 4) is 0 Å². The third-order valence-corrected chi connectivity index (χ3v) is 3.24. The van der Waals surface area contributed by atoms with E-state index in [1.807, 2.05) is 54.6 Å². The maximum absolute atomic E-state index is 5.73. The molecule has 0 saturated heterocycles. The van der Waals surface area contributed by atoms with Crippen LogP contribution in [0.25, 0.3) is 5.70 Å². The fourth-order valence-electron chi connectivity index (χ4n) is 2.03. The maximum atomic E-state index is 5.73. The molecule has 0 aliphatic heterocycles. The van der Waals surface area contributed by atoms with Gasteiger partial charge in [0.05, 0.1) is 5.70 Å². The van der Waals surface area contributed by atoms with Gasteiger partial charge in [0.1, 0.15) is 0 Å². The number of benzene rings is 2. The van der Waals surface area contributed by atoms with Crippen LogP contribution in [0, 0.1) is 0 Å². The van der Waals surface area contributed by atoms with E-state index >= 15 is 0 Å². The zero-order valence-corrected chi connectivity index (χ0v) is 13.4. The van der Waals surface area contributed by atoms with E-state index < -0.39 is 0 Å². The normalized spacial score (nSPS) is 12.8. The number of anilines is 2. The molecule has 0 amide bonds. The summed E-state index contributed by atoms with van der Waals surface area (Å²) in [5, 5.41) is 8.66. The van der Waals surface area contributed by atoms with Crippen molar-refractivity contribution >= 4 is 22.9 Å². The first-order valence-corrected chi connectivity index (χ1v) is 7.44. The van der Waals surface area contributed by atoms with Crippen LogP contribution in [0.4, 0.5) is 11.4 Å². The van der Waals surface area contributed by atoms with Crippen molar-refractivity contribution in [2.45, 2.75) is 13.3 Å². The first-order chi connectivity index (χ1) is 11.1. The van der Waals surface area contributed by atoms with Crippen molar-refractivity contribution in [2.75, 3.05) is 18.5 Å². The van der Waals surface area contributed by atoms with E-state index in [4.69, 9.17) is 11.5 Å². The number of hydrogen-bond acceptors (Lipinski definition) is 4. The molecule has 5 nitrogen and oxygen atoms in total. The molecule has 0 unspecified atom stereocenters. The Morgan fingerprint density at radius 2 is 1.39 bits per heavy atom. The molecule has 0 heterocycles. The van der Waals surface area contributed by atoms with Gasteiger partial charge in [-0.1, -0.05) is 25.1 Å². The van der Waals surface area contributed by atoms with Crippen molar-refractivity contribution in [1.82, 2.24) is 0 Å². The predicted molar refractivity (Wildman–Crippen MR) is 97.3 cm³/mol. The molecule has 2 aromatic rings. The Bertz CT molecular complexity index is 725. The zero-order valence-electron chi connectivity index (χ0n) is 13.4. The van der Waals surface area contributed by atoms with Gasteiger partial charge >= 0.3 is 0 Å². The van der Waals surface area contributed by atoms with E-state index in [1.54, 1.807) is 7.05 Å². The molecule has 23 heavy (non-hydrogen) atoms. The van der Waals surface area contributed by atoms with Crippen LogP contribution in [0.15, 0.2) is 69.8 Å². The molecule has 0 aliphatic carbocycles. The predicted octanol–water partition coefficient (Wildman–Crippen LogP) is 4.13. The first kappa shape index (κ1) is 16.4. The minimum atomic E-state index is 0.558. The van der Waals surface area contributed by atoms with Crippen LogP contribution in [-0.2, 0) is 0 Å². The average molecular weight is 307 g/mol. The Hall–Kier alpha value is -2.95. The molecule has 0 saturated carbocycles. The smallest absolute Gasteiger partial charge is 0.176 e. The van der Waals surface area contributed by atoms with Crippen molar-refractivity contribution in [2.24, 2.45) is 15.2 Å². The van der Waals surface area contributed by atoms with E-state index in [0.29, 0.717) is 11.5 Å². The first-order valence-electron chi connectivity index (χ1n) is 7.44.